The molecule has 0 aliphatic carbocycles. The van der Waals surface area contributed by atoms with Crippen molar-refractivity contribution in [2.45, 2.75) is 6.43 Å². The summed E-state index contributed by atoms with van der Waals surface area (Å²) in [6, 6.07) is 4.95. The molecule has 0 aliphatic rings. The first-order valence-corrected chi connectivity index (χ1v) is 4.43. The Morgan fingerprint density at radius 2 is 2.14 bits per heavy atom. The number of nitrogens with two attached hydrogens (primary N) is 1. The number of para-hydroxylation sites is 1. The fourth-order valence-electron chi connectivity index (χ4n) is 1.16. The fraction of sp³-hybridized carbons (Fsp3) is 0.333. The minimum Gasteiger partial charge on any atom is -0.396 e. The molecule has 0 atom stereocenters. The van der Waals surface area contributed by atoms with Gasteiger partial charge in [-0.05, 0) is 12.1 Å². The van der Waals surface area contributed by atoms with Crippen LogP contribution in [0, 0.1) is 0 Å². The predicted molar refractivity (Wildman–Crippen MR) is 55.1 cm³/mol. The molecular formula is C9H11ClF2N2. The van der Waals surface area contributed by atoms with Crippen molar-refractivity contribution < 1.29 is 8.78 Å². The number of nitrogen functional groups attached to an aromatic ring is 1. The molecule has 2 nitrogen and oxygen atoms in total. The molecule has 0 bridgehead atoms. The highest BCUT2D eigenvalue weighted by molar-refractivity contribution is 6.33. The fourth-order valence-corrected chi connectivity index (χ4v) is 1.33. The molecular weight excluding hydrogens is 210 g/mol. The van der Waals surface area contributed by atoms with E-state index >= 15 is 0 Å². The number of hydrogen-bond donors (Lipinski definition) is 1. The van der Waals surface area contributed by atoms with Gasteiger partial charge in [0, 0.05) is 7.05 Å². The Bertz CT molecular complexity index is 318. The van der Waals surface area contributed by atoms with Crippen LogP contribution < -0.4 is 10.6 Å². The Balaban J connectivity index is 2.89. The first-order valence-electron chi connectivity index (χ1n) is 4.05. The van der Waals surface area contributed by atoms with Crippen molar-refractivity contribution in [1.29, 1.82) is 0 Å². The maximum absolute atomic E-state index is 12.1. The van der Waals surface area contributed by atoms with Crippen molar-refractivity contribution in [3.8, 4) is 0 Å². The predicted octanol–water partition coefficient (Wildman–Crippen LogP) is 2.62. The third-order valence-electron chi connectivity index (χ3n) is 1.85. The first-order chi connectivity index (χ1) is 6.52. The number of halogens is 3. The van der Waals surface area contributed by atoms with Crippen molar-refractivity contribution in [3.63, 3.8) is 0 Å². The summed E-state index contributed by atoms with van der Waals surface area (Å²) in [5, 5.41) is 0.378. The van der Waals surface area contributed by atoms with E-state index in [1.807, 2.05) is 0 Å². The van der Waals surface area contributed by atoms with Gasteiger partial charge in [-0.3, -0.25) is 0 Å². The molecule has 0 fully saturated rings. The standard InChI is InChI=1S/C9H11ClF2N2/c1-14(5-8(11)12)7-4-2-3-6(10)9(7)13/h2-4,8H,5,13H2,1H3. The van der Waals surface area contributed by atoms with Gasteiger partial charge < -0.3 is 10.6 Å². The summed E-state index contributed by atoms with van der Waals surface area (Å²) in [4.78, 5) is 1.38. The molecule has 5 heteroatoms. The Labute approximate surface area is 86.3 Å². The average molecular weight is 221 g/mol. The van der Waals surface area contributed by atoms with Crippen LogP contribution in [0.5, 0.6) is 0 Å². The minimum absolute atomic E-state index is 0.331. The lowest BCUT2D eigenvalue weighted by atomic mass is 10.2. The summed E-state index contributed by atoms with van der Waals surface area (Å²) in [5.74, 6) is 0. The minimum atomic E-state index is -2.39. The van der Waals surface area contributed by atoms with Crippen molar-refractivity contribution in [2.75, 3.05) is 24.2 Å². The molecule has 0 amide bonds. The van der Waals surface area contributed by atoms with Crippen LogP contribution in [0.25, 0.3) is 0 Å². The summed E-state index contributed by atoms with van der Waals surface area (Å²) < 4.78 is 24.2. The number of hydrogen-bond acceptors (Lipinski definition) is 2. The zero-order valence-electron chi connectivity index (χ0n) is 7.67. The van der Waals surface area contributed by atoms with E-state index in [0.717, 1.165) is 0 Å². The summed E-state index contributed by atoms with van der Waals surface area (Å²) in [7, 11) is 1.55. The molecule has 0 saturated carbocycles. The van der Waals surface area contributed by atoms with Crippen LogP contribution in [0.15, 0.2) is 18.2 Å². The SMILES string of the molecule is CN(CC(F)F)c1cccc(Cl)c1N. The molecule has 1 aromatic rings. The smallest absolute Gasteiger partial charge is 0.255 e. The van der Waals surface area contributed by atoms with Crippen molar-refractivity contribution in [1.82, 2.24) is 0 Å². The Kier molecular flexibility index (Phi) is 3.52. The van der Waals surface area contributed by atoms with Crippen molar-refractivity contribution in [3.05, 3.63) is 23.2 Å². The van der Waals surface area contributed by atoms with Gasteiger partial charge in [0.1, 0.15) is 0 Å². The van der Waals surface area contributed by atoms with Gasteiger partial charge in [-0.2, -0.15) is 0 Å². The molecule has 1 aromatic carbocycles. The van der Waals surface area contributed by atoms with Gasteiger partial charge in [0.05, 0.1) is 22.9 Å². The molecule has 0 heterocycles. The van der Waals surface area contributed by atoms with Gasteiger partial charge in [0.15, 0.2) is 0 Å². The summed E-state index contributed by atoms with van der Waals surface area (Å²) >= 11 is 5.76. The van der Waals surface area contributed by atoms with E-state index in [-0.39, 0.29) is 6.54 Å². The monoisotopic (exact) mass is 220 g/mol. The number of anilines is 2. The quantitative estimate of drug-likeness (QED) is 0.794. The zero-order valence-corrected chi connectivity index (χ0v) is 8.43. The highest BCUT2D eigenvalue weighted by atomic mass is 35.5. The van der Waals surface area contributed by atoms with Gasteiger partial charge in [0.25, 0.3) is 6.43 Å². The Morgan fingerprint density at radius 3 is 2.71 bits per heavy atom. The lowest BCUT2D eigenvalue weighted by molar-refractivity contribution is 0.156. The molecule has 14 heavy (non-hydrogen) atoms. The van der Waals surface area contributed by atoms with E-state index < -0.39 is 6.43 Å². The normalized spacial score (nSPS) is 10.6. The molecule has 0 aromatic heterocycles. The molecule has 1 rings (SSSR count). The lowest BCUT2D eigenvalue weighted by Gasteiger charge is -2.20. The molecule has 0 aliphatic heterocycles. The zero-order chi connectivity index (χ0) is 10.7. The van der Waals surface area contributed by atoms with Crippen LogP contribution in [0.2, 0.25) is 5.02 Å². The maximum Gasteiger partial charge on any atom is 0.255 e. The summed E-state index contributed by atoms with van der Waals surface area (Å²) in [6.45, 7) is -0.357. The van der Waals surface area contributed by atoms with Crippen molar-refractivity contribution >= 4 is 23.0 Å². The highest BCUT2D eigenvalue weighted by Gasteiger charge is 2.12. The molecule has 0 saturated heterocycles. The average Bonchev–Trinajstić information content (AvgIpc) is 2.08. The third-order valence-corrected chi connectivity index (χ3v) is 2.18. The molecule has 2 N–H and O–H groups in total. The summed E-state index contributed by atoms with van der Waals surface area (Å²) in [6.07, 6.45) is -2.39. The molecule has 78 valence electrons. The Hall–Kier alpha value is -1.03. The molecule has 0 spiro atoms. The van der Waals surface area contributed by atoms with Crippen LogP contribution in [-0.4, -0.2) is 20.0 Å². The first kappa shape index (κ1) is 11.0. The van der Waals surface area contributed by atoms with E-state index in [0.29, 0.717) is 16.4 Å². The van der Waals surface area contributed by atoms with Crippen LogP contribution in [0.3, 0.4) is 0 Å². The second-order valence-corrected chi connectivity index (χ2v) is 3.35. The molecule has 0 unspecified atom stereocenters. The van der Waals surface area contributed by atoms with E-state index in [1.54, 1.807) is 25.2 Å². The van der Waals surface area contributed by atoms with Gasteiger partial charge in [0.2, 0.25) is 0 Å². The lowest BCUT2D eigenvalue weighted by Crippen LogP contribution is -2.24. The summed E-state index contributed by atoms with van der Waals surface area (Å²) in [5.41, 5.74) is 6.50. The highest BCUT2D eigenvalue weighted by Crippen LogP contribution is 2.29. The van der Waals surface area contributed by atoms with Gasteiger partial charge in [-0.15, -0.1) is 0 Å². The number of rotatable bonds is 3. The van der Waals surface area contributed by atoms with E-state index in [4.69, 9.17) is 17.3 Å². The van der Waals surface area contributed by atoms with Crippen LogP contribution >= 0.6 is 11.6 Å². The van der Waals surface area contributed by atoms with Gasteiger partial charge in [-0.1, -0.05) is 17.7 Å². The number of benzene rings is 1. The van der Waals surface area contributed by atoms with Gasteiger partial charge >= 0.3 is 0 Å². The van der Waals surface area contributed by atoms with Gasteiger partial charge in [-0.25, -0.2) is 8.78 Å². The topological polar surface area (TPSA) is 29.3 Å². The van der Waals surface area contributed by atoms with Crippen LogP contribution in [-0.2, 0) is 0 Å². The van der Waals surface area contributed by atoms with Crippen LogP contribution in [0.1, 0.15) is 0 Å². The third kappa shape index (κ3) is 2.48. The second-order valence-electron chi connectivity index (χ2n) is 2.94. The second kappa shape index (κ2) is 4.46. The van der Waals surface area contributed by atoms with E-state index in [9.17, 15) is 8.78 Å². The number of nitrogens with zero attached hydrogens (tertiary/aromatic N) is 1. The number of alkyl halides is 2. The Morgan fingerprint density at radius 1 is 1.50 bits per heavy atom. The maximum atomic E-state index is 12.1. The van der Waals surface area contributed by atoms with E-state index in [1.165, 1.54) is 4.90 Å². The largest absolute Gasteiger partial charge is 0.396 e. The molecule has 0 radical (unpaired) electrons. The van der Waals surface area contributed by atoms with E-state index in [2.05, 4.69) is 0 Å². The van der Waals surface area contributed by atoms with Crippen LogP contribution in [0.4, 0.5) is 20.2 Å². The van der Waals surface area contributed by atoms with Crippen molar-refractivity contribution in [2.24, 2.45) is 0 Å².